The van der Waals surface area contributed by atoms with Crippen LogP contribution in [0.25, 0.3) is 11.0 Å². The van der Waals surface area contributed by atoms with Gasteiger partial charge in [0.2, 0.25) is 0 Å². The second-order valence-corrected chi connectivity index (χ2v) is 5.06. The first-order chi connectivity index (χ1) is 8.85. The van der Waals surface area contributed by atoms with Crippen molar-refractivity contribution in [1.82, 2.24) is 9.55 Å². The van der Waals surface area contributed by atoms with E-state index < -0.39 is 0 Å². The lowest BCUT2D eigenvalue weighted by Crippen LogP contribution is -2.22. The number of aromatic nitrogens is 2. The number of hydrogen-bond donors (Lipinski definition) is 0. The number of para-hydroxylation sites is 2. The first-order valence-electron chi connectivity index (χ1n) is 6.39. The van der Waals surface area contributed by atoms with Gasteiger partial charge in [0.25, 0.3) is 0 Å². The van der Waals surface area contributed by atoms with Gasteiger partial charge in [-0.2, -0.15) is 0 Å². The first-order valence-corrected chi connectivity index (χ1v) is 6.93. The van der Waals surface area contributed by atoms with Crippen molar-refractivity contribution >= 4 is 22.6 Å². The molecule has 4 heteroatoms. The van der Waals surface area contributed by atoms with Crippen molar-refractivity contribution in [3.05, 3.63) is 30.1 Å². The SMILES string of the molecule is COC1CCCC1n1c(CCl)nc2ccccc21. The highest BCUT2D eigenvalue weighted by Gasteiger charge is 2.31. The Bertz CT molecular complexity index is 552. The minimum absolute atomic E-state index is 0.282. The van der Waals surface area contributed by atoms with Gasteiger partial charge in [-0.15, -0.1) is 11.6 Å². The van der Waals surface area contributed by atoms with Crippen molar-refractivity contribution in [3.63, 3.8) is 0 Å². The van der Waals surface area contributed by atoms with Crippen molar-refractivity contribution in [2.75, 3.05) is 7.11 Å². The molecule has 1 saturated carbocycles. The molecule has 18 heavy (non-hydrogen) atoms. The average molecular weight is 265 g/mol. The number of fused-ring (bicyclic) bond motifs is 1. The molecule has 0 amide bonds. The quantitative estimate of drug-likeness (QED) is 0.793. The van der Waals surface area contributed by atoms with Crippen molar-refractivity contribution < 1.29 is 4.74 Å². The molecular formula is C14H17ClN2O. The molecule has 1 aromatic carbocycles. The van der Waals surface area contributed by atoms with Gasteiger partial charge in [0.05, 0.1) is 29.1 Å². The number of rotatable bonds is 3. The molecule has 1 heterocycles. The highest BCUT2D eigenvalue weighted by atomic mass is 35.5. The smallest absolute Gasteiger partial charge is 0.125 e. The van der Waals surface area contributed by atoms with Gasteiger partial charge in [0.15, 0.2) is 0 Å². The number of ether oxygens (including phenoxy) is 1. The monoisotopic (exact) mass is 264 g/mol. The van der Waals surface area contributed by atoms with Crippen LogP contribution in [0.4, 0.5) is 0 Å². The van der Waals surface area contributed by atoms with Crippen LogP contribution in [0.1, 0.15) is 31.1 Å². The average Bonchev–Trinajstić information content (AvgIpc) is 3.01. The summed E-state index contributed by atoms with van der Waals surface area (Å²) in [5.41, 5.74) is 2.19. The van der Waals surface area contributed by atoms with Crippen molar-refractivity contribution in [3.8, 4) is 0 Å². The van der Waals surface area contributed by atoms with Gasteiger partial charge in [-0.3, -0.25) is 0 Å². The highest BCUT2D eigenvalue weighted by molar-refractivity contribution is 6.16. The number of hydrogen-bond acceptors (Lipinski definition) is 2. The van der Waals surface area contributed by atoms with Crippen LogP contribution in [0.2, 0.25) is 0 Å². The molecule has 0 N–H and O–H groups in total. The highest BCUT2D eigenvalue weighted by Crippen LogP contribution is 2.35. The maximum absolute atomic E-state index is 6.05. The number of imidazole rings is 1. The molecule has 0 radical (unpaired) electrons. The zero-order valence-corrected chi connectivity index (χ0v) is 11.2. The molecule has 1 fully saturated rings. The van der Waals surface area contributed by atoms with Crippen LogP contribution in [0, 0.1) is 0 Å². The van der Waals surface area contributed by atoms with E-state index in [2.05, 4.69) is 21.7 Å². The second kappa shape index (κ2) is 4.90. The second-order valence-electron chi connectivity index (χ2n) is 4.79. The molecule has 3 nitrogen and oxygen atoms in total. The summed E-state index contributed by atoms with van der Waals surface area (Å²) >= 11 is 6.05. The Labute approximate surface area is 112 Å². The van der Waals surface area contributed by atoms with Gasteiger partial charge in [-0.1, -0.05) is 12.1 Å². The lowest BCUT2D eigenvalue weighted by atomic mass is 10.2. The van der Waals surface area contributed by atoms with Gasteiger partial charge in [0.1, 0.15) is 5.82 Å². The Morgan fingerprint density at radius 3 is 3.00 bits per heavy atom. The van der Waals surface area contributed by atoms with E-state index in [-0.39, 0.29) is 6.10 Å². The van der Waals surface area contributed by atoms with Gasteiger partial charge < -0.3 is 9.30 Å². The third-order valence-electron chi connectivity index (χ3n) is 3.84. The summed E-state index contributed by atoms with van der Waals surface area (Å²) in [6, 6.07) is 8.59. The molecule has 96 valence electrons. The van der Waals surface area contributed by atoms with E-state index in [9.17, 15) is 0 Å². The van der Waals surface area contributed by atoms with Crippen LogP contribution in [-0.4, -0.2) is 22.8 Å². The van der Waals surface area contributed by atoms with Gasteiger partial charge in [-0.05, 0) is 31.4 Å². The molecule has 3 rings (SSSR count). The molecule has 2 atom stereocenters. The lowest BCUT2D eigenvalue weighted by Gasteiger charge is -2.22. The Hall–Kier alpha value is -1.06. The maximum Gasteiger partial charge on any atom is 0.125 e. The Balaban J connectivity index is 2.14. The Morgan fingerprint density at radius 2 is 2.22 bits per heavy atom. The summed E-state index contributed by atoms with van der Waals surface area (Å²) in [4.78, 5) is 4.62. The van der Waals surface area contributed by atoms with Gasteiger partial charge >= 0.3 is 0 Å². The normalized spacial score (nSPS) is 23.9. The molecule has 0 saturated heterocycles. The predicted octanol–water partition coefficient (Wildman–Crippen LogP) is 3.52. The van der Waals surface area contributed by atoms with E-state index in [1.54, 1.807) is 7.11 Å². The minimum Gasteiger partial charge on any atom is -0.379 e. The third kappa shape index (κ3) is 1.82. The first kappa shape index (κ1) is 12.0. The van der Waals surface area contributed by atoms with E-state index in [1.165, 1.54) is 11.9 Å². The van der Waals surface area contributed by atoms with Crippen LogP contribution < -0.4 is 0 Å². The minimum atomic E-state index is 0.282. The van der Waals surface area contributed by atoms with E-state index in [0.29, 0.717) is 11.9 Å². The summed E-state index contributed by atoms with van der Waals surface area (Å²) in [6.45, 7) is 0. The van der Waals surface area contributed by atoms with Crippen molar-refractivity contribution in [1.29, 1.82) is 0 Å². The van der Waals surface area contributed by atoms with Crippen LogP contribution in [0.15, 0.2) is 24.3 Å². The molecule has 0 spiro atoms. The fourth-order valence-electron chi connectivity index (χ4n) is 3.04. The summed E-state index contributed by atoms with van der Waals surface area (Å²) in [7, 11) is 1.79. The molecule has 2 aromatic rings. The topological polar surface area (TPSA) is 27.1 Å². The van der Waals surface area contributed by atoms with E-state index in [4.69, 9.17) is 16.3 Å². The summed E-state index contributed by atoms with van der Waals surface area (Å²) in [5.74, 6) is 1.40. The van der Waals surface area contributed by atoms with Crippen LogP contribution in [0.5, 0.6) is 0 Å². The maximum atomic E-state index is 6.05. The Morgan fingerprint density at radius 1 is 1.39 bits per heavy atom. The lowest BCUT2D eigenvalue weighted by molar-refractivity contribution is 0.0755. The fraction of sp³-hybridized carbons (Fsp3) is 0.500. The standard InChI is InChI=1S/C14H17ClN2O/c1-18-13-8-4-7-12(13)17-11-6-3-2-5-10(11)16-14(17)9-15/h2-3,5-6,12-13H,4,7-9H2,1H3. The number of nitrogens with zero attached hydrogens (tertiary/aromatic N) is 2. The molecule has 1 aliphatic rings. The fourth-order valence-corrected chi connectivity index (χ4v) is 3.22. The van der Waals surface area contributed by atoms with Crippen molar-refractivity contribution in [2.24, 2.45) is 0 Å². The third-order valence-corrected chi connectivity index (χ3v) is 4.08. The Kier molecular flexibility index (Phi) is 3.27. The van der Waals surface area contributed by atoms with Crippen LogP contribution in [-0.2, 0) is 10.6 Å². The zero-order valence-electron chi connectivity index (χ0n) is 10.5. The molecule has 1 aromatic heterocycles. The molecule has 0 bridgehead atoms. The summed E-state index contributed by atoms with van der Waals surface area (Å²) < 4.78 is 7.89. The van der Waals surface area contributed by atoms with E-state index in [0.717, 1.165) is 24.2 Å². The van der Waals surface area contributed by atoms with E-state index in [1.807, 2.05) is 12.1 Å². The largest absolute Gasteiger partial charge is 0.379 e. The predicted molar refractivity (Wildman–Crippen MR) is 73.0 cm³/mol. The van der Waals surface area contributed by atoms with Gasteiger partial charge in [0, 0.05) is 7.11 Å². The van der Waals surface area contributed by atoms with Crippen LogP contribution in [0.3, 0.4) is 0 Å². The number of methoxy groups -OCH3 is 1. The molecule has 2 unspecified atom stereocenters. The summed E-state index contributed by atoms with van der Waals surface area (Å²) in [6.07, 6.45) is 3.75. The zero-order chi connectivity index (χ0) is 12.5. The van der Waals surface area contributed by atoms with E-state index >= 15 is 0 Å². The van der Waals surface area contributed by atoms with Crippen molar-refractivity contribution in [2.45, 2.75) is 37.3 Å². The molecular weight excluding hydrogens is 248 g/mol. The molecule has 0 aliphatic heterocycles. The number of benzene rings is 1. The van der Waals surface area contributed by atoms with Crippen LogP contribution >= 0.6 is 11.6 Å². The number of halogens is 1. The number of alkyl halides is 1. The summed E-state index contributed by atoms with van der Waals surface area (Å²) in [5, 5.41) is 0. The van der Waals surface area contributed by atoms with Gasteiger partial charge in [-0.25, -0.2) is 4.98 Å². The molecule has 1 aliphatic carbocycles.